The first-order valence-electron chi connectivity index (χ1n) is 4.46. The molecular weight excluding hydrogens is 235 g/mol. The van der Waals surface area contributed by atoms with E-state index in [1.165, 1.54) is 12.1 Å². The molecule has 1 N–H and O–H groups in total. The van der Waals surface area contributed by atoms with Crippen LogP contribution in [0.15, 0.2) is 24.3 Å². The zero-order chi connectivity index (χ0) is 11.4. The summed E-state index contributed by atoms with van der Waals surface area (Å²) in [6, 6.07) is 2.78. The Bertz CT molecular complexity index is 352. The van der Waals surface area contributed by atoms with E-state index in [1.54, 1.807) is 0 Å². The highest BCUT2D eigenvalue weighted by Gasteiger charge is 2.09. The number of benzene rings is 1. The summed E-state index contributed by atoms with van der Waals surface area (Å²) in [5.41, 5.74) is 1.03. The SMILES string of the molecule is C=C(C)CCOc1c(Cl)cc(O)cc1Cl. The van der Waals surface area contributed by atoms with Crippen molar-refractivity contribution in [2.45, 2.75) is 13.3 Å². The number of rotatable bonds is 4. The average Bonchev–Trinajstić information content (AvgIpc) is 2.08. The van der Waals surface area contributed by atoms with Crippen molar-refractivity contribution < 1.29 is 9.84 Å². The van der Waals surface area contributed by atoms with Crippen LogP contribution in [0.3, 0.4) is 0 Å². The Balaban J connectivity index is 2.72. The fourth-order valence-corrected chi connectivity index (χ4v) is 1.60. The van der Waals surface area contributed by atoms with Gasteiger partial charge in [-0.2, -0.15) is 0 Å². The molecule has 82 valence electrons. The minimum Gasteiger partial charge on any atom is -0.508 e. The molecule has 1 aromatic carbocycles. The van der Waals surface area contributed by atoms with Gasteiger partial charge in [-0.05, 0) is 6.92 Å². The maximum Gasteiger partial charge on any atom is 0.156 e. The highest BCUT2D eigenvalue weighted by molar-refractivity contribution is 6.37. The van der Waals surface area contributed by atoms with Crippen LogP contribution in [0.1, 0.15) is 13.3 Å². The number of phenols is 1. The van der Waals surface area contributed by atoms with Crippen molar-refractivity contribution in [2.24, 2.45) is 0 Å². The van der Waals surface area contributed by atoms with Gasteiger partial charge < -0.3 is 9.84 Å². The summed E-state index contributed by atoms with van der Waals surface area (Å²) in [6.07, 6.45) is 0.744. The summed E-state index contributed by atoms with van der Waals surface area (Å²) in [7, 11) is 0. The highest BCUT2D eigenvalue weighted by atomic mass is 35.5. The smallest absolute Gasteiger partial charge is 0.156 e. The van der Waals surface area contributed by atoms with E-state index < -0.39 is 0 Å². The molecule has 0 aliphatic carbocycles. The van der Waals surface area contributed by atoms with Gasteiger partial charge in [-0.25, -0.2) is 0 Å². The van der Waals surface area contributed by atoms with Gasteiger partial charge in [-0.15, -0.1) is 6.58 Å². The molecule has 0 saturated heterocycles. The molecule has 0 radical (unpaired) electrons. The largest absolute Gasteiger partial charge is 0.508 e. The Morgan fingerprint density at radius 2 is 1.93 bits per heavy atom. The molecule has 0 heterocycles. The van der Waals surface area contributed by atoms with E-state index in [0.29, 0.717) is 22.4 Å². The second-order valence-electron chi connectivity index (χ2n) is 3.29. The van der Waals surface area contributed by atoms with Crippen LogP contribution in [0.25, 0.3) is 0 Å². The molecule has 1 rings (SSSR count). The minimum atomic E-state index is 0.0252. The molecule has 0 unspecified atom stereocenters. The maximum absolute atomic E-state index is 9.19. The molecule has 0 aromatic heterocycles. The molecule has 0 aliphatic heterocycles. The summed E-state index contributed by atoms with van der Waals surface area (Å²) < 4.78 is 5.40. The first-order chi connectivity index (χ1) is 7.00. The van der Waals surface area contributed by atoms with Crippen LogP contribution in [0, 0.1) is 0 Å². The van der Waals surface area contributed by atoms with Gasteiger partial charge in [-0.1, -0.05) is 28.8 Å². The van der Waals surface area contributed by atoms with Gasteiger partial charge in [0.15, 0.2) is 5.75 Å². The number of hydrogen-bond acceptors (Lipinski definition) is 2. The normalized spacial score (nSPS) is 10.1. The van der Waals surface area contributed by atoms with Crippen molar-refractivity contribution in [1.29, 1.82) is 0 Å². The molecule has 15 heavy (non-hydrogen) atoms. The topological polar surface area (TPSA) is 29.5 Å². The first-order valence-corrected chi connectivity index (χ1v) is 5.21. The fourth-order valence-electron chi connectivity index (χ4n) is 1.01. The number of phenolic OH excluding ortho intramolecular Hbond substituents is 1. The molecule has 2 nitrogen and oxygen atoms in total. The zero-order valence-electron chi connectivity index (χ0n) is 8.39. The van der Waals surface area contributed by atoms with E-state index >= 15 is 0 Å². The Morgan fingerprint density at radius 1 is 1.40 bits per heavy atom. The van der Waals surface area contributed by atoms with Crippen molar-refractivity contribution >= 4 is 23.2 Å². The van der Waals surface area contributed by atoms with Gasteiger partial charge in [0.25, 0.3) is 0 Å². The molecule has 0 bridgehead atoms. The van der Waals surface area contributed by atoms with Gasteiger partial charge in [0.05, 0.1) is 16.7 Å². The second-order valence-corrected chi connectivity index (χ2v) is 4.11. The quantitative estimate of drug-likeness (QED) is 0.813. The Kier molecular flexibility index (Phi) is 4.30. The number of ether oxygens (including phenoxy) is 1. The van der Waals surface area contributed by atoms with Crippen LogP contribution in [-0.4, -0.2) is 11.7 Å². The lowest BCUT2D eigenvalue weighted by Gasteiger charge is -2.10. The fraction of sp³-hybridized carbons (Fsp3) is 0.273. The van der Waals surface area contributed by atoms with Gasteiger partial charge in [0.1, 0.15) is 5.75 Å². The zero-order valence-corrected chi connectivity index (χ0v) is 9.90. The molecule has 0 spiro atoms. The lowest BCUT2D eigenvalue weighted by atomic mass is 10.2. The summed E-state index contributed by atoms with van der Waals surface area (Å²) in [6.45, 7) is 6.15. The lowest BCUT2D eigenvalue weighted by Crippen LogP contribution is -1.98. The molecule has 4 heteroatoms. The lowest BCUT2D eigenvalue weighted by molar-refractivity contribution is 0.321. The van der Waals surface area contributed by atoms with Crippen molar-refractivity contribution in [3.8, 4) is 11.5 Å². The minimum absolute atomic E-state index is 0.0252. The molecule has 0 amide bonds. The van der Waals surface area contributed by atoms with Crippen molar-refractivity contribution in [2.75, 3.05) is 6.61 Å². The van der Waals surface area contributed by atoms with E-state index in [1.807, 2.05) is 6.92 Å². The average molecular weight is 247 g/mol. The molecular formula is C11H12Cl2O2. The first kappa shape index (κ1) is 12.2. The standard InChI is InChI=1S/C11H12Cl2O2/c1-7(2)3-4-15-11-9(12)5-8(14)6-10(11)13/h5-6,14H,1,3-4H2,2H3. The van der Waals surface area contributed by atoms with Gasteiger partial charge in [0, 0.05) is 18.6 Å². The third-order valence-corrected chi connectivity index (χ3v) is 2.32. The summed E-state index contributed by atoms with van der Waals surface area (Å²) >= 11 is 11.7. The van der Waals surface area contributed by atoms with Crippen molar-refractivity contribution in [1.82, 2.24) is 0 Å². The molecule has 0 aliphatic rings. The van der Waals surface area contributed by atoms with Crippen LogP contribution in [0.5, 0.6) is 11.5 Å². The van der Waals surface area contributed by atoms with E-state index in [0.717, 1.165) is 12.0 Å². The number of aromatic hydroxyl groups is 1. The van der Waals surface area contributed by atoms with Gasteiger partial charge in [-0.3, -0.25) is 0 Å². The van der Waals surface area contributed by atoms with E-state index in [4.69, 9.17) is 27.9 Å². The van der Waals surface area contributed by atoms with Crippen molar-refractivity contribution in [3.63, 3.8) is 0 Å². The van der Waals surface area contributed by atoms with Crippen LogP contribution in [-0.2, 0) is 0 Å². The number of hydrogen-bond donors (Lipinski definition) is 1. The Morgan fingerprint density at radius 3 is 2.40 bits per heavy atom. The summed E-state index contributed by atoms with van der Waals surface area (Å²) in [5.74, 6) is 0.426. The van der Waals surface area contributed by atoms with E-state index in [9.17, 15) is 5.11 Å². The van der Waals surface area contributed by atoms with E-state index in [2.05, 4.69) is 6.58 Å². The van der Waals surface area contributed by atoms with Crippen LogP contribution in [0.4, 0.5) is 0 Å². The predicted octanol–water partition coefficient (Wildman–Crippen LogP) is 4.04. The molecule has 0 atom stereocenters. The Labute approximate surface area is 99.1 Å². The van der Waals surface area contributed by atoms with Crippen LogP contribution in [0.2, 0.25) is 10.0 Å². The molecule has 1 aromatic rings. The van der Waals surface area contributed by atoms with Gasteiger partial charge >= 0.3 is 0 Å². The van der Waals surface area contributed by atoms with Crippen LogP contribution < -0.4 is 4.74 Å². The highest BCUT2D eigenvalue weighted by Crippen LogP contribution is 2.36. The Hall–Kier alpha value is -0.860. The van der Waals surface area contributed by atoms with Crippen molar-refractivity contribution in [3.05, 3.63) is 34.3 Å². The van der Waals surface area contributed by atoms with Crippen LogP contribution >= 0.6 is 23.2 Å². The second kappa shape index (κ2) is 5.29. The predicted molar refractivity (Wildman–Crippen MR) is 63.1 cm³/mol. The van der Waals surface area contributed by atoms with Gasteiger partial charge in [0.2, 0.25) is 0 Å². The maximum atomic E-state index is 9.19. The van der Waals surface area contributed by atoms with E-state index in [-0.39, 0.29) is 5.75 Å². The third kappa shape index (κ3) is 3.65. The summed E-state index contributed by atoms with van der Waals surface area (Å²) in [5, 5.41) is 9.81. The summed E-state index contributed by atoms with van der Waals surface area (Å²) in [4.78, 5) is 0. The third-order valence-electron chi connectivity index (χ3n) is 1.76. The monoisotopic (exact) mass is 246 g/mol. The molecule has 0 fully saturated rings. The molecule has 0 saturated carbocycles. The number of halogens is 2.